The number of piperazine rings is 1. The van der Waals surface area contributed by atoms with Crippen molar-refractivity contribution in [3.63, 3.8) is 0 Å². The van der Waals surface area contributed by atoms with E-state index in [9.17, 15) is 14.7 Å². The lowest BCUT2D eigenvalue weighted by Crippen LogP contribution is -2.53. The van der Waals surface area contributed by atoms with Crippen molar-refractivity contribution < 1.29 is 19.1 Å². The predicted octanol–water partition coefficient (Wildman–Crippen LogP) is 1.65. The molecular formula is C22H25N3O4. The summed E-state index contributed by atoms with van der Waals surface area (Å²) in [6.45, 7) is 3.67. The van der Waals surface area contributed by atoms with Crippen molar-refractivity contribution in [2.45, 2.75) is 31.4 Å². The van der Waals surface area contributed by atoms with E-state index in [4.69, 9.17) is 4.42 Å². The fourth-order valence-electron chi connectivity index (χ4n) is 4.21. The molecule has 0 bridgehead atoms. The van der Waals surface area contributed by atoms with Crippen LogP contribution in [0.15, 0.2) is 41.0 Å². The molecule has 3 aliphatic rings. The number of nitrogens with zero attached hydrogens (tertiary/aromatic N) is 3. The second-order valence-corrected chi connectivity index (χ2v) is 8.20. The van der Waals surface area contributed by atoms with E-state index in [1.165, 1.54) is 5.56 Å². The number of hydrogen-bond acceptors (Lipinski definition) is 5. The van der Waals surface area contributed by atoms with Gasteiger partial charge in [-0.05, 0) is 43.2 Å². The van der Waals surface area contributed by atoms with Gasteiger partial charge in [0.05, 0.1) is 6.26 Å². The van der Waals surface area contributed by atoms with Crippen LogP contribution in [0.3, 0.4) is 0 Å². The van der Waals surface area contributed by atoms with Crippen LogP contribution in [0.4, 0.5) is 5.69 Å². The second kappa shape index (κ2) is 6.91. The maximum Gasteiger partial charge on any atom is 0.254 e. The van der Waals surface area contributed by atoms with E-state index < -0.39 is 5.60 Å². The van der Waals surface area contributed by atoms with Gasteiger partial charge < -0.3 is 24.2 Å². The van der Waals surface area contributed by atoms with Crippen LogP contribution in [0.5, 0.6) is 0 Å². The molecule has 0 atom stereocenters. The highest BCUT2D eigenvalue weighted by atomic mass is 16.3. The van der Waals surface area contributed by atoms with Crippen molar-refractivity contribution in [3.8, 4) is 0 Å². The molecule has 0 spiro atoms. The monoisotopic (exact) mass is 395 g/mol. The van der Waals surface area contributed by atoms with E-state index in [0.717, 1.165) is 31.0 Å². The first-order chi connectivity index (χ1) is 14.0. The highest BCUT2D eigenvalue weighted by Crippen LogP contribution is 2.37. The first-order valence-corrected chi connectivity index (χ1v) is 10.2. The minimum absolute atomic E-state index is 0.00968. The number of amides is 2. The molecule has 2 aromatic rings. The molecule has 1 saturated carbocycles. The number of aliphatic hydroxyl groups is 1. The summed E-state index contributed by atoms with van der Waals surface area (Å²) in [5, 5.41) is 10.00. The van der Waals surface area contributed by atoms with Gasteiger partial charge in [-0.15, -0.1) is 0 Å². The van der Waals surface area contributed by atoms with Crippen LogP contribution < -0.4 is 4.90 Å². The van der Waals surface area contributed by atoms with Gasteiger partial charge in [-0.25, -0.2) is 0 Å². The number of rotatable bonds is 3. The Morgan fingerprint density at radius 3 is 2.31 bits per heavy atom. The van der Waals surface area contributed by atoms with Crippen LogP contribution in [-0.4, -0.2) is 65.0 Å². The second-order valence-electron chi connectivity index (χ2n) is 8.20. The number of benzene rings is 1. The van der Waals surface area contributed by atoms with E-state index in [2.05, 4.69) is 4.90 Å². The normalized spacial score (nSPS) is 20.4. The largest absolute Gasteiger partial charge is 0.469 e. The van der Waals surface area contributed by atoms with Crippen molar-refractivity contribution in [2.24, 2.45) is 0 Å². The molecule has 7 heteroatoms. The lowest BCUT2D eigenvalue weighted by atomic mass is 10.1. The summed E-state index contributed by atoms with van der Waals surface area (Å²) in [5.41, 5.74) is 1.85. The Morgan fingerprint density at radius 1 is 0.931 bits per heavy atom. The fraction of sp³-hybridized carbons (Fsp3) is 0.455. The molecule has 3 heterocycles. The average Bonchev–Trinajstić information content (AvgIpc) is 3.34. The number of anilines is 1. The van der Waals surface area contributed by atoms with E-state index in [1.54, 1.807) is 16.1 Å². The number of hydrogen-bond donors (Lipinski definition) is 1. The molecule has 1 aliphatic carbocycles. The van der Waals surface area contributed by atoms with Crippen LogP contribution in [-0.2, 0) is 17.8 Å². The average molecular weight is 395 g/mol. The van der Waals surface area contributed by atoms with Gasteiger partial charge >= 0.3 is 0 Å². The zero-order valence-electron chi connectivity index (χ0n) is 16.3. The van der Waals surface area contributed by atoms with Gasteiger partial charge in [0.25, 0.3) is 11.8 Å². The van der Waals surface area contributed by atoms with E-state index in [1.807, 2.05) is 30.3 Å². The van der Waals surface area contributed by atoms with E-state index in [-0.39, 0.29) is 11.8 Å². The Kier molecular flexibility index (Phi) is 4.35. The molecule has 2 aliphatic heterocycles. The quantitative estimate of drug-likeness (QED) is 0.855. The van der Waals surface area contributed by atoms with Crippen LogP contribution in [0.1, 0.15) is 34.5 Å². The Morgan fingerprint density at radius 2 is 1.62 bits per heavy atom. The molecular weight excluding hydrogens is 370 g/mol. The zero-order valence-corrected chi connectivity index (χ0v) is 16.3. The Balaban J connectivity index is 1.20. The maximum atomic E-state index is 12.8. The number of fused-ring (bicyclic) bond motifs is 1. The summed E-state index contributed by atoms with van der Waals surface area (Å²) in [4.78, 5) is 30.8. The highest BCUT2D eigenvalue weighted by molar-refractivity contribution is 5.95. The van der Waals surface area contributed by atoms with E-state index >= 15 is 0 Å². The summed E-state index contributed by atoms with van der Waals surface area (Å²) < 4.78 is 5.49. The van der Waals surface area contributed by atoms with Gasteiger partial charge in [0.15, 0.2) is 0 Å². The van der Waals surface area contributed by atoms with Crippen molar-refractivity contribution in [2.75, 3.05) is 37.6 Å². The highest BCUT2D eigenvalue weighted by Gasteiger charge is 2.50. The fourth-order valence-corrected chi connectivity index (χ4v) is 4.21. The number of furan rings is 1. The third-order valence-corrected chi connectivity index (χ3v) is 6.26. The van der Waals surface area contributed by atoms with Gasteiger partial charge in [0.2, 0.25) is 0 Å². The van der Waals surface area contributed by atoms with Crippen LogP contribution in [0.25, 0.3) is 0 Å². The molecule has 2 amide bonds. The third kappa shape index (κ3) is 3.40. The molecule has 1 aromatic heterocycles. The first-order valence-electron chi connectivity index (χ1n) is 10.2. The van der Waals surface area contributed by atoms with Crippen molar-refractivity contribution in [1.29, 1.82) is 0 Å². The van der Waals surface area contributed by atoms with Crippen LogP contribution in [0.2, 0.25) is 0 Å². The smallest absolute Gasteiger partial charge is 0.254 e. The maximum absolute atomic E-state index is 12.8. The zero-order chi connectivity index (χ0) is 20.0. The summed E-state index contributed by atoms with van der Waals surface area (Å²) in [7, 11) is 0. The summed E-state index contributed by atoms with van der Waals surface area (Å²) >= 11 is 0. The van der Waals surface area contributed by atoms with Gasteiger partial charge in [-0.1, -0.05) is 0 Å². The Bertz CT molecular complexity index is 924. The van der Waals surface area contributed by atoms with Crippen molar-refractivity contribution >= 4 is 17.5 Å². The first kappa shape index (κ1) is 18.2. The van der Waals surface area contributed by atoms with Crippen LogP contribution in [0, 0.1) is 0 Å². The standard InChI is InChI=1S/C22H25N3O4/c26-20(23-10-12-24(13-11-23)21(27)22(28)7-8-22)16-1-3-18(4-2-16)25-9-5-19-17(15-25)6-14-29-19/h1-4,6,14,28H,5,7-13,15H2. The van der Waals surface area contributed by atoms with Gasteiger partial charge in [-0.3, -0.25) is 9.59 Å². The van der Waals surface area contributed by atoms with Crippen molar-refractivity contribution in [1.82, 2.24) is 9.80 Å². The SMILES string of the molecule is O=C(c1ccc(N2CCc3occc3C2)cc1)N1CCN(C(=O)C2(O)CC2)CC1. The molecule has 1 aromatic carbocycles. The molecule has 2 fully saturated rings. The Hall–Kier alpha value is -2.80. The molecule has 7 nitrogen and oxygen atoms in total. The lowest BCUT2D eigenvalue weighted by molar-refractivity contribution is -0.143. The summed E-state index contributed by atoms with van der Waals surface area (Å²) in [5.74, 6) is 0.875. The minimum Gasteiger partial charge on any atom is -0.469 e. The number of carbonyl (C=O) groups excluding carboxylic acids is 2. The topological polar surface area (TPSA) is 77.2 Å². The van der Waals surface area contributed by atoms with Gasteiger partial charge in [-0.2, -0.15) is 0 Å². The molecule has 0 radical (unpaired) electrons. The molecule has 29 heavy (non-hydrogen) atoms. The predicted molar refractivity (Wildman–Crippen MR) is 107 cm³/mol. The van der Waals surface area contributed by atoms with Crippen molar-refractivity contribution in [3.05, 3.63) is 53.5 Å². The number of carbonyl (C=O) groups is 2. The molecule has 152 valence electrons. The molecule has 1 N–H and O–H groups in total. The van der Waals surface area contributed by atoms with E-state index in [0.29, 0.717) is 44.6 Å². The Labute approximate surface area is 169 Å². The summed E-state index contributed by atoms with van der Waals surface area (Å²) in [6, 6.07) is 9.78. The lowest BCUT2D eigenvalue weighted by Gasteiger charge is -2.36. The molecule has 5 rings (SSSR count). The molecule has 1 saturated heterocycles. The van der Waals surface area contributed by atoms with Crippen LogP contribution >= 0.6 is 0 Å². The van der Waals surface area contributed by atoms with Gasteiger partial charge in [0.1, 0.15) is 11.4 Å². The molecule has 0 unspecified atom stereocenters. The summed E-state index contributed by atoms with van der Waals surface area (Å²) in [6.07, 6.45) is 3.74. The minimum atomic E-state index is -1.13. The van der Waals surface area contributed by atoms with Gasteiger partial charge in [0, 0.05) is 62.5 Å². The third-order valence-electron chi connectivity index (χ3n) is 6.26.